The van der Waals surface area contributed by atoms with Gasteiger partial charge >= 0.3 is 0 Å². The van der Waals surface area contributed by atoms with E-state index in [0.29, 0.717) is 57.7 Å². The maximum Gasteiger partial charge on any atom is 0.248 e. The molecule has 0 aromatic heterocycles. The second-order valence-electron chi connectivity index (χ2n) is 13.9. The highest BCUT2D eigenvalue weighted by molar-refractivity contribution is 6.31. The number of halogens is 2. The number of rotatable bonds is 10. The molecule has 0 unspecified atom stereocenters. The molecule has 4 aromatic rings. The quantitative estimate of drug-likeness (QED) is 0.128. The van der Waals surface area contributed by atoms with Crippen molar-refractivity contribution >= 4 is 58.2 Å². The monoisotopic (exact) mass is 740 g/mol. The van der Waals surface area contributed by atoms with E-state index in [2.05, 4.69) is 10.6 Å². The fourth-order valence-corrected chi connectivity index (χ4v) is 7.51. The third-order valence-corrected chi connectivity index (χ3v) is 10.7. The molecule has 6 rings (SSSR count). The Balaban J connectivity index is 0.000000201. The van der Waals surface area contributed by atoms with Crippen LogP contribution in [0.1, 0.15) is 108 Å². The van der Waals surface area contributed by atoms with Gasteiger partial charge in [0.2, 0.25) is 23.6 Å². The van der Waals surface area contributed by atoms with Gasteiger partial charge in [0, 0.05) is 45.4 Å². The summed E-state index contributed by atoms with van der Waals surface area (Å²) in [7, 11) is 0. The molecule has 0 spiro atoms. The smallest absolute Gasteiger partial charge is 0.248 e. The van der Waals surface area contributed by atoms with Crippen molar-refractivity contribution in [3.05, 3.63) is 129 Å². The number of nitrogens with two attached hydrogens (primary N) is 2. The van der Waals surface area contributed by atoms with Gasteiger partial charge in [-0.1, -0.05) is 47.5 Å². The van der Waals surface area contributed by atoms with Crippen molar-refractivity contribution in [3.63, 3.8) is 0 Å². The molecule has 0 aliphatic heterocycles. The molecule has 0 radical (unpaired) electrons. The Morgan fingerprint density at radius 1 is 0.481 bits per heavy atom. The van der Waals surface area contributed by atoms with E-state index in [-0.39, 0.29) is 11.8 Å². The fraction of sp³-hybridized carbons (Fsp3) is 0.333. The molecule has 0 bridgehead atoms. The third-order valence-electron chi connectivity index (χ3n) is 10.2. The predicted molar refractivity (Wildman–Crippen MR) is 209 cm³/mol. The average Bonchev–Trinajstić information content (AvgIpc) is 3.14. The maximum atomic E-state index is 12.2. The molecule has 4 aromatic carbocycles. The van der Waals surface area contributed by atoms with Crippen molar-refractivity contribution < 1.29 is 19.2 Å². The summed E-state index contributed by atoms with van der Waals surface area (Å²) in [6.07, 6.45) is 9.51. The molecule has 10 heteroatoms. The van der Waals surface area contributed by atoms with Crippen LogP contribution in [0.2, 0.25) is 10.0 Å². The van der Waals surface area contributed by atoms with Gasteiger partial charge in [0.15, 0.2) is 0 Å². The van der Waals surface area contributed by atoms with Crippen LogP contribution in [-0.2, 0) is 9.59 Å². The van der Waals surface area contributed by atoms with Crippen molar-refractivity contribution in [2.24, 2.45) is 23.3 Å². The third kappa shape index (κ3) is 11.7. The number of benzene rings is 4. The van der Waals surface area contributed by atoms with Gasteiger partial charge in [-0.25, -0.2) is 0 Å². The molecule has 8 nitrogen and oxygen atoms in total. The number of primary amides is 2. The predicted octanol–water partition coefficient (Wildman–Crippen LogP) is 9.48. The zero-order valence-corrected chi connectivity index (χ0v) is 30.7. The molecule has 0 heterocycles. The van der Waals surface area contributed by atoms with Gasteiger partial charge in [-0.2, -0.15) is 0 Å². The van der Waals surface area contributed by atoms with Gasteiger partial charge in [0.1, 0.15) is 0 Å². The van der Waals surface area contributed by atoms with Crippen LogP contribution in [0, 0.1) is 11.8 Å². The van der Waals surface area contributed by atoms with E-state index in [1.165, 1.54) is 11.1 Å². The van der Waals surface area contributed by atoms with Crippen molar-refractivity contribution in [3.8, 4) is 0 Å². The summed E-state index contributed by atoms with van der Waals surface area (Å²) in [5.74, 6) is 1.15. The second-order valence-corrected chi connectivity index (χ2v) is 14.8. The average molecular weight is 742 g/mol. The summed E-state index contributed by atoms with van der Waals surface area (Å²) in [5.41, 5.74) is 15.7. The molecule has 4 amide bonds. The topological polar surface area (TPSA) is 144 Å². The lowest BCUT2D eigenvalue weighted by Gasteiger charge is -2.28. The molecular weight excluding hydrogens is 695 g/mol. The van der Waals surface area contributed by atoms with E-state index in [1.54, 1.807) is 48.5 Å². The summed E-state index contributed by atoms with van der Waals surface area (Å²) in [6, 6.07) is 29.5. The minimum atomic E-state index is -0.396. The van der Waals surface area contributed by atoms with Crippen LogP contribution in [-0.4, -0.2) is 23.6 Å². The van der Waals surface area contributed by atoms with Crippen LogP contribution in [0.15, 0.2) is 97.1 Å². The van der Waals surface area contributed by atoms with E-state index in [9.17, 15) is 19.2 Å². The largest absolute Gasteiger partial charge is 0.366 e. The van der Waals surface area contributed by atoms with Crippen LogP contribution in [0.3, 0.4) is 0 Å². The number of amides is 4. The maximum absolute atomic E-state index is 12.2. The first-order chi connectivity index (χ1) is 25.0. The first-order valence-corrected chi connectivity index (χ1v) is 18.7. The lowest BCUT2D eigenvalue weighted by Crippen LogP contribution is -2.20. The summed E-state index contributed by atoms with van der Waals surface area (Å²) in [6.45, 7) is 0. The standard InChI is InChI=1S/2C21H23ClN2O2/c2*22-18-9-11-19(12-10-18)24-20(25)13-14-1-3-15(4-2-14)16-5-7-17(8-6-16)21(23)26/h2*5-12,14-15H,1-4,13H2,(H2,23,26)(H,24,25). The highest BCUT2D eigenvalue weighted by Crippen LogP contribution is 2.38. The van der Waals surface area contributed by atoms with Crippen LogP contribution in [0.5, 0.6) is 0 Å². The first-order valence-electron chi connectivity index (χ1n) is 17.9. The molecule has 0 atom stereocenters. The molecule has 2 saturated carbocycles. The van der Waals surface area contributed by atoms with Gasteiger partial charge in [-0.05, 0) is 159 Å². The zero-order valence-electron chi connectivity index (χ0n) is 29.2. The van der Waals surface area contributed by atoms with Crippen LogP contribution < -0.4 is 22.1 Å². The number of nitrogens with one attached hydrogen (secondary N) is 2. The number of hydrogen-bond donors (Lipinski definition) is 4. The van der Waals surface area contributed by atoms with Gasteiger partial charge < -0.3 is 22.1 Å². The number of hydrogen-bond acceptors (Lipinski definition) is 4. The van der Waals surface area contributed by atoms with Crippen molar-refractivity contribution in [2.45, 2.75) is 76.0 Å². The molecular formula is C42H46Cl2N4O4. The SMILES string of the molecule is NC(=O)c1ccc(C2CCC(CC(=O)Nc3ccc(Cl)cc3)CC2)cc1.NC(=O)c1ccc(C2CCC(CC(=O)Nc3ccc(Cl)cc3)CC2)cc1. The van der Waals surface area contributed by atoms with Gasteiger partial charge in [-0.15, -0.1) is 0 Å². The van der Waals surface area contributed by atoms with E-state index in [1.807, 2.05) is 48.5 Å². The molecule has 6 N–H and O–H groups in total. The molecule has 52 heavy (non-hydrogen) atoms. The van der Waals surface area contributed by atoms with E-state index in [0.717, 1.165) is 62.7 Å². The normalized spacial score (nSPS) is 19.7. The lowest BCUT2D eigenvalue weighted by molar-refractivity contribution is -0.118. The Morgan fingerprint density at radius 3 is 1.08 bits per heavy atom. The highest BCUT2D eigenvalue weighted by atomic mass is 35.5. The minimum Gasteiger partial charge on any atom is -0.366 e. The second kappa shape index (κ2) is 18.7. The summed E-state index contributed by atoms with van der Waals surface area (Å²) < 4.78 is 0. The molecule has 272 valence electrons. The molecule has 2 aliphatic rings. The fourth-order valence-electron chi connectivity index (χ4n) is 7.25. The summed E-state index contributed by atoms with van der Waals surface area (Å²) in [4.78, 5) is 46.8. The summed E-state index contributed by atoms with van der Waals surface area (Å²) >= 11 is 11.7. The van der Waals surface area contributed by atoms with E-state index < -0.39 is 11.8 Å². The highest BCUT2D eigenvalue weighted by Gasteiger charge is 2.25. The molecule has 2 fully saturated rings. The number of anilines is 2. The zero-order chi connectivity index (χ0) is 37.0. The Bertz CT molecular complexity index is 1660. The summed E-state index contributed by atoms with van der Waals surface area (Å²) in [5, 5.41) is 7.18. The van der Waals surface area contributed by atoms with Gasteiger partial charge in [-0.3, -0.25) is 19.2 Å². The van der Waals surface area contributed by atoms with E-state index >= 15 is 0 Å². The lowest BCUT2D eigenvalue weighted by atomic mass is 9.77. The first kappa shape index (κ1) is 38.6. The Morgan fingerprint density at radius 2 is 0.788 bits per heavy atom. The van der Waals surface area contributed by atoms with Crippen LogP contribution in [0.25, 0.3) is 0 Å². The van der Waals surface area contributed by atoms with E-state index in [4.69, 9.17) is 34.7 Å². The molecule has 0 saturated heterocycles. The number of carbonyl (C=O) groups excluding carboxylic acids is 4. The van der Waals surface area contributed by atoms with Crippen molar-refractivity contribution in [1.82, 2.24) is 0 Å². The number of carbonyl (C=O) groups is 4. The molecule has 2 aliphatic carbocycles. The van der Waals surface area contributed by atoms with Gasteiger partial charge in [0.05, 0.1) is 0 Å². The Kier molecular flexibility index (Phi) is 13.9. The Labute approximate surface area is 315 Å². The van der Waals surface area contributed by atoms with Crippen LogP contribution in [0.4, 0.5) is 11.4 Å². The van der Waals surface area contributed by atoms with Gasteiger partial charge in [0.25, 0.3) is 0 Å². The van der Waals surface area contributed by atoms with Crippen molar-refractivity contribution in [2.75, 3.05) is 10.6 Å². The Hall–Kier alpha value is -4.66. The van der Waals surface area contributed by atoms with Crippen molar-refractivity contribution in [1.29, 1.82) is 0 Å². The minimum absolute atomic E-state index is 0.0570. The van der Waals surface area contributed by atoms with Crippen LogP contribution >= 0.6 is 23.2 Å².